The van der Waals surface area contributed by atoms with Crippen LogP contribution in [0.3, 0.4) is 0 Å². The summed E-state index contributed by atoms with van der Waals surface area (Å²) < 4.78 is 2.22. The van der Waals surface area contributed by atoms with Crippen molar-refractivity contribution in [3.8, 4) is 5.75 Å². The number of allylic oxidation sites excluding steroid dienone is 2. The zero-order chi connectivity index (χ0) is 16.9. The maximum absolute atomic E-state index is 10.6. The summed E-state index contributed by atoms with van der Waals surface area (Å²) in [5, 5.41) is 10.6. The molecule has 0 aliphatic rings. The van der Waals surface area contributed by atoms with Crippen LogP contribution in [0.4, 0.5) is 0 Å². The minimum Gasteiger partial charge on any atom is -0.507 e. The Morgan fingerprint density at radius 2 is 1.79 bits per heavy atom. The van der Waals surface area contributed by atoms with E-state index in [0.717, 1.165) is 33.0 Å². The lowest BCUT2D eigenvalue weighted by molar-refractivity contribution is 0.464. The molecule has 0 amide bonds. The summed E-state index contributed by atoms with van der Waals surface area (Å²) in [6, 6.07) is 12.2. The van der Waals surface area contributed by atoms with Gasteiger partial charge in [-0.25, -0.2) is 4.98 Å². The maximum Gasteiger partial charge on any atom is 0.151 e. The number of nitrogens with zero attached hydrogens (tertiary/aromatic N) is 1. The van der Waals surface area contributed by atoms with Crippen LogP contribution in [0.25, 0.3) is 10.2 Å². The van der Waals surface area contributed by atoms with E-state index in [4.69, 9.17) is 0 Å². The quantitative estimate of drug-likeness (QED) is 0.433. The van der Waals surface area contributed by atoms with Gasteiger partial charge in [-0.2, -0.15) is 0 Å². The van der Waals surface area contributed by atoms with Gasteiger partial charge in [0.15, 0.2) is 4.34 Å². The Bertz CT molecular complexity index is 849. The molecule has 1 N–H and O–H groups in total. The van der Waals surface area contributed by atoms with Crippen molar-refractivity contribution < 1.29 is 5.11 Å². The van der Waals surface area contributed by atoms with E-state index < -0.39 is 0 Å². The molecule has 0 aliphatic heterocycles. The van der Waals surface area contributed by atoms with Crippen molar-refractivity contribution in [2.45, 2.75) is 22.9 Å². The molecule has 2 aromatic carbocycles. The molecule has 0 bridgehead atoms. The van der Waals surface area contributed by atoms with Crippen molar-refractivity contribution >= 4 is 33.3 Å². The highest BCUT2D eigenvalue weighted by Gasteiger charge is 2.12. The number of phenols is 1. The molecule has 0 saturated heterocycles. The zero-order valence-electron chi connectivity index (χ0n) is 13.4. The molecule has 3 aromatic rings. The van der Waals surface area contributed by atoms with Gasteiger partial charge >= 0.3 is 0 Å². The molecule has 1 heterocycles. The van der Waals surface area contributed by atoms with E-state index in [0.29, 0.717) is 17.9 Å². The summed E-state index contributed by atoms with van der Waals surface area (Å²) in [5.74, 6) is 1.08. The molecule has 1 aromatic heterocycles. The van der Waals surface area contributed by atoms with E-state index in [1.54, 1.807) is 23.1 Å². The van der Waals surface area contributed by atoms with Gasteiger partial charge in [-0.15, -0.1) is 24.5 Å². The Morgan fingerprint density at radius 3 is 2.54 bits per heavy atom. The van der Waals surface area contributed by atoms with Crippen molar-refractivity contribution in [1.82, 2.24) is 4.98 Å². The van der Waals surface area contributed by atoms with E-state index in [-0.39, 0.29) is 0 Å². The maximum atomic E-state index is 10.6. The molecule has 0 aliphatic carbocycles. The average molecular weight is 354 g/mol. The van der Waals surface area contributed by atoms with Crippen molar-refractivity contribution in [3.05, 3.63) is 78.4 Å². The number of aromatic hydroxyl groups is 1. The molecular weight excluding hydrogens is 334 g/mol. The van der Waals surface area contributed by atoms with Gasteiger partial charge in [0.2, 0.25) is 0 Å². The highest BCUT2D eigenvalue weighted by Crippen LogP contribution is 2.35. The largest absolute Gasteiger partial charge is 0.507 e. The van der Waals surface area contributed by atoms with Crippen LogP contribution in [-0.4, -0.2) is 10.1 Å². The van der Waals surface area contributed by atoms with Crippen molar-refractivity contribution in [1.29, 1.82) is 0 Å². The predicted molar refractivity (Wildman–Crippen MR) is 105 cm³/mol. The standard InChI is InChI=1S/C20H19NOS2/c1-3-7-14-11-12-15(19(22)16(14)8-4-2)13-23-20-21-17-9-5-6-10-18(17)24-20/h3-6,9-12,22H,1-2,7-8,13H2. The van der Waals surface area contributed by atoms with Crippen molar-refractivity contribution in [2.75, 3.05) is 0 Å². The van der Waals surface area contributed by atoms with Gasteiger partial charge in [0.25, 0.3) is 0 Å². The molecular formula is C20H19NOS2. The number of thioether (sulfide) groups is 1. The number of aromatic nitrogens is 1. The van der Waals surface area contributed by atoms with Crippen LogP contribution >= 0.6 is 23.1 Å². The highest BCUT2D eigenvalue weighted by atomic mass is 32.2. The fraction of sp³-hybridized carbons (Fsp3) is 0.150. The SMILES string of the molecule is C=CCc1ccc(CSc2nc3ccccc3s2)c(O)c1CC=C. The molecule has 3 rings (SSSR count). The van der Waals surface area contributed by atoms with Crippen LogP contribution in [0.5, 0.6) is 5.75 Å². The molecule has 0 unspecified atom stereocenters. The fourth-order valence-corrected chi connectivity index (χ4v) is 4.67. The minimum absolute atomic E-state index is 0.378. The number of hydrogen-bond acceptors (Lipinski definition) is 4. The fourth-order valence-electron chi connectivity index (χ4n) is 2.61. The summed E-state index contributed by atoms with van der Waals surface area (Å²) in [4.78, 5) is 4.63. The smallest absolute Gasteiger partial charge is 0.151 e. The van der Waals surface area contributed by atoms with E-state index in [1.165, 1.54) is 4.70 Å². The molecule has 122 valence electrons. The van der Waals surface area contributed by atoms with Crippen LogP contribution in [0, 0.1) is 0 Å². The minimum atomic E-state index is 0.378. The Kier molecular flexibility index (Phi) is 5.38. The predicted octanol–water partition coefficient (Wildman–Crippen LogP) is 5.75. The first kappa shape index (κ1) is 16.8. The molecule has 0 radical (unpaired) electrons. The molecule has 4 heteroatoms. The number of benzene rings is 2. The number of hydrogen-bond donors (Lipinski definition) is 1. The highest BCUT2D eigenvalue weighted by molar-refractivity contribution is 8.00. The molecule has 0 atom stereocenters. The normalized spacial score (nSPS) is 10.8. The summed E-state index contributed by atoms with van der Waals surface area (Å²) in [6.07, 6.45) is 5.10. The summed E-state index contributed by atoms with van der Waals surface area (Å²) in [6.45, 7) is 7.58. The van der Waals surface area contributed by atoms with Crippen LogP contribution < -0.4 is 0 Å². The molecule has 0 fully saturated rings. The van der Waals surface area contributed by atoms with Gasteiger partial charge in [-0.05, 0) is 30.5 Å². The third-order valence-corrected chi connectivity index (χ3v) is 6.03. The van der Waals surface area contributed by atoms with Gasteiger partial charge in [0.1, 0.15) is 5.75 Å². The monoisotopic (exact) mass is 353 g/mol. The van der Waals surface area contributed by atoms with Crippen LogP contribution in [0.2, 0.25) is 0 Å². The summed E-state index contributed by atoms with van der Waals surface area (Å²) in [7, 11) is 0. The van der Waals surface area contributed by atoms with E-state index in [1.807, 2.05) is 36.4 Å². The second kappa shape index (κ2) is 7.69. The van der Waals surface area contributed by atoms with Gasteiger partial charge in [0, 0.05) is 16.9 Å². The second-order valence-electron chi connectivity index (χ2n) is 5.43. The molecule has 0 saturated carbocycles. The van der Waals surface area contributed by atoms with Crippen LogP contribution in [0.1, 0.15) is 16.7 Å². The summed E-state index contributed by atoms with van der Waals surface area (Å²) >= 11 is 3.35. The number of thiazole rings is 1. The van der Waals surface area contributed by atoms with Crippen molar-refractivity contribution in [2.24, 2.45) is 0 Å². The number of para-hydroxylation sites is 1. The van der Waals surface area contributed by atoms with Gasteiger partial charge in [-0.1, -0.05) is 48.2 Å². The Balaban J connectivity index is 1.82. The average Bonchev–Trinajstić information content (AvgIpc) is 3.00. The number of rotatable bonds is 7. The molecule has 24 heavy (non-hydrogen) atoms. The van der Waals surface area contributed by atoms with Crippen molar-refractivity contribution in [3.63, 3.8) is 0 Å². The Hall–Kier alpha value is -2.04. The second-order valence-corrected chi connectivity index (χ2v) is 7.69. The molecule has 2 nitrogen and oxygen atoms in total. The Labute approximate surface area is 150 Å². The first-order chi connectivity index (χ1) is 11.7. The van der Waals surface area contributed by atoms with Gasteiger partial charge < -0.3 is 5.11 Å². The molecule has 0 spiro atoms. The summed E-state index contributed by atoms with van der Waals surface area (Å²) in [5.41, 5.74) is 4.02. The van der Waals surface area contributed by atoms with Gasteiger partial charge in [-0.3, -0.25) is 0 Å². The first-order valence-corrected chi connectivity index (χ1v) is 9.56. The van der Waals surface area contributed by atoms with E-state index >= 15 is 0 Å². The van der Waals surface area contributed by atoms with E-state index in [2.05, 4.69) is 30.3 Å². The lowest BCUT2D eigenvalue weighted by Gasteiger charge is -2.12. The third-order valence-electron chi connectivity index (χ3n) is 3.80. The van der Waals surface area contributed by atoms with Crippen LogP contribution in [0.15, 0.2) is 66.0 Å². The lowest BCUT2D eigenvalue weighted by atomic mass is 9.98. The van der Waals surface area contributed by atoms with Gasteiger partial charge in [0.05, 0.1) is 10.2 Å². The van der Waals surface area contributed by atoms with E-state index in [9.17, 15) is 5.11 Å². The third kappa shape index (κ3) is 3.55. The lowest BCUT2D eigenvalue weighted by Crippen LogP contribution is -1.96. The topological polar surface area (TPSA) is 33.1 Å². The zero-order valence-corrected chi connectivity index (χ0v) is 15.0. The van der Waals surface area contributed by atoms with Crippen LogP contribution in [-0.2, 0) is 18.6 Å². The number of fused-ring (bicyclic) bond motifs is 1. The first-order valence-electron chi connectivity index (χ1n) is 7.75. The number of phenolic OH excluding ortho intramolecular Hbond substituents is 1. The Morgan fingerprint density at radius 1 is 1.04 bits per heavy atom.